The average Bonchev–Trinajstić information content (AvgIpc) is 2.93. The van der Waals surface area contributed by atoms with Gasteiger partial charge in [0.2, 0.25) is 0 Å². The molecule has 0 bridgehead atoms. The zero-order valence-corrected chi connectivity index (χ0v) is 15.3. The average molecular weight is 353 g/mol. The number of ether oxygens (including phenoxy) is 1. The molecule has 1 N–H and O–H groups in total. The molecule has 0 spiro atoms. The second-order valence-electron chi connectivity index (χ2n) is 6.13. The molecule has 0 aliphatic carbocycles. The molecule has 0 atom stereocenters. The summed E-state index contributed by atoms with van der Waals surface area (Å²) in [6.45, 7) is 3.41. The van der Waals surface area contributed by atoms with Gasteiger partial charge < -0.3 is 15.0 Å². The lowest BCUT2D eigenvalue weighted by Crippen LogP contribution is -2.36. The molecule has 2 amide bonds. The number of pyridine rings is 1. The summed E-state index contributed by atoms with van der Waals surface area (Å²) in [7, 11) is 3.48. The minimum atomic E-state index is -0.186. The Morgan fingerprint density at radius 1 is 1.31 bits per heavy atom. The topological polar surface area (TPSA) is 72.3 Å². The predicted octanol–water partition coefficient (Wildman–Crippen LogP) is 2.96. The van der Waals surface area contributed by atoms with Gasteiger partial charge in [-0.1, -0.05) is 30.3 Å². The molecule has 26 heavy (non-hydrogen) atoms. The van der Waals surface area contributed by atoms with Crippen LogP contribution in [0.25, 0.3) is 11.0 Å². The third-order valence-electron chi connectivity index (χ3n) is 4.18. The first-order chi connectivity index (χ1) is 12.6. The molecule has 0 fully saturated rings. The van der Waals surface area contributed by atoms with Crippen molar-refractivity contribution in [2.24, 2.45) is 7.05 Å². The van der Waals surface area contributed by atoms with Crippen molar-refractivity contribution in [1.82, 2.24) is 19.7 Å². The zero-order chi connectivity index (χ0) is 18.5. The van der Waals surface area contributed by atoms with Crippen LogP contribution in [0.3, 0.4) is 0 Å². The van der Waals surface area contributed by atoms with Crippen LogP contribution >= 0.6 is 0 Å². The standard InChI is InChI=1S/C19H23N5O2/c1-14-17-11-16(12-20-18(17)23(2)22-14)21-19(25)24(9-10-26-3)13-15-7-5-4-6-8-15/h4-8,11-12H,9-10,13H2,1-3H3,(H,21,25). The second-order valence-corrected chi connectivity index (χ2v) is 6.13. The maximum Gasteiger partial charge on any atom is 0.322 e. The third kappa shape index (κ3) is 4.00. The molecule has 2 heterocycles. The van der Waals surface area contributed by atoms with Gasteiger partial charge >= 0.3 is 6.03 Å². The van der Waals surface area contributed by atoms with Crippen LogP contribution in [0.15, 0.2) is 42.6 Å². The summed E-state index contributed by atoms with van der Waals surface area (Å²) in [5.74, 6) is 0. The van der Waals surface area contributed by atoms with Gasteiger partial charge in [0.15, 0.2) is 5.65 Å². The van der Waals surface area contributed by atoms with Gasteiger partial charge in [-0.3, -0.25) is 4.68 Å². The van der Waals surface area contributed by atoms with Gasteiger partial charge in [0.25, 0.3) is 0 Å². The molecule has 0 aliphatic rings. The summed E-state index contributed by atoms with van der Waals surface area (Å²) in [6, 6.07) is 11.6. The van der Waals surface area contributed by atoms with Gasteiger partial charge in [0, 0.05) is 32.6 Å². The lowest BCUT2D eigenvalue weighted by Gasteiger charge is -2.23. The lowest BCUT2D eigenvalue weighted by molar-refractivity contribution is 0.153. The van der Waals surface area contributed by atoms with Crippen molar-refractivity contribution in [2.45, 2.75) is 13.5 Å². The maximum absolute atomic E-state index is 12.8. The molecule has 0 aliphatic heterocycles. The number of hydrogen-bond donors (Lipinski definition) is 1. The van der Waals surface area contributed by atoms with Crippen LogP contribution in [-0.4, -0.2) is 46.0 Å². The maximum atomic E-state index is 12.8. The zero-order valence-electron chi connectivity index (χ0n) is 15.3. The van der Waals surface area contributed by atoms with Crippen molar-refractivity contribution in [3.8, 4) is 0 Å². The van der Waals surface area contributed by atoms with E-state index in [4.69, 9.17) is 4.74 Å². The monoisotopic (exact) mass is 353 g/mol. The summed E-state index contributed by atoms with van der Waals surface area (Å²) < 4.78 is 6.87. The van der Waals surface area contributed by atoms with Gasteiger partial charge in [0.1, 0.15) is 0 Å². The SMILES string of the molecule is COCCN(Cc1ccccc1)C(=O)Nc1cnc2c(c1)c(C)nn2C. The number of nitrogens with one attached hydrogen (secondary N) is 1. The molecule has 136 valence electrons. The van der Waals surface area contributed by atoms with Crippen LogP contribution in [0.5, 0.6) is 0 Å². The molecule has 7 heteroatoms. The number of aromatic nitrogens is 3. The van der Waals surface area contributed by atoms with E-state index in [1.807, 2.05) is 50.4 Å². The Labute approximate surface area is 152 Å². The first-order valence-electron chi connectivity index (χ1n) is 8.46. The number of nitrogens with zero attached hydrogens (tertiary/aromatic N) is 4. The number of rotatable bonds is 6. The Kier molecular flexibility index (Phi) is 5.48. The second kappa shape index (κ2) is 7.97. The first kappa shape index (κ1) is 17.9. The van der Waals surface area contributed by atoms with Gasteiger partial charge in [-0.25, -0.2) is 9.78 Å². The van der Waals surface area contributed by atoms with E-state index >= 15 is 0 Å². The minimum Gasteiger partial charge on any atom is -0.383 e. The van der Waals surface area contributed by atoms with Crippen LogP contribution in [0.4, 0.5) is 10.5 Å². The van der Waals surface area contributed by atoms with Crippen LogP contribution in [-0.2, 0) is 18.3 Å². The number of urea groups is 1. The Morgan fingerprint density at radius 3 is 2.81 bits per heavy atom. The normalized spacial score (nSPS) is 10.9. The van der Waals surface area contributed by atoms with Gasteiger partial charge in [-0.15, -0.1) is 0 Å². The highest BCUT2D eigenvalue weighted by molar-refractivity contribution is 5.92. The van der Waals surface area contributed by atoms with Crippen LogP contribution in [0, 0.1) is 6.92 Å². The molecule has 7 nitrogen and oxygen atoms in total. The van der Waals surface area contributed by atoms with Crippen molar-refractivity contribution in [1.29, 1.82) is 0 Å². The highest BCUT2D eigenvalue weighted by Crippen LogP contribution is 2.19. The first-order valence-corrected chi connectivity index (χ1v) is 8.46. The molecule has 0 saturated heterocycles. The van der Waals surface area contributed by atoms with Crippen molar-refractivity contribution < 1.29 is 9.53 Å². The van der Waals surface area contributed by atoms with Crippen LogP contribution in [0.1, 0.15) is 11.3 Å². The van der Waals surface area contributed by atoms with E-state index in [1.54, 1.807) is 22.9 Å². The Hall–Kier alpha value is -2.93. The van der Waals surface area contributed by atoms with Gasteiger partial charge in [0.05, 0.1) is 24.2 Å². The Morgan fingerprint density at radius 2 is 2.08 bits per heavy atom. The summed E-state index contributed by atoms with van der Waals surface area (Å²) in [5.41, 5.74) is 3.39. The smallest absolute Gasteiger partial charge is 0.322 e. The van der Waals surface area contributed by atoms with Crippen LogP contribution in [0.2, 0.25) is 0 Å². The number of amides is 2. The number of methoxy groups -OCH3 is 1. The van der Waals surface area contributed by atoms with E-state index in [0.29, 0.717) is 25.4 Å². The molecular formula is C19H23N5O2. The number of aryl methyl sites for hydroxylation is 2. The van der Waals surface area contributed by atoms with E-state index in [2.05, 4.69) is 15.4 Å². The Balaban J connectivity index is 1.77. The van der Waals surface area contributed by atoms with Crippen molar-refractivity contribution >= 4 is 22.8 Å². The number of hydrogen-bond acceptors (Lipinski definition) is 4. The summed E-state index contributed by atoms with van der Waals surface area (Å²) >= 11 is 0. The number of carbonyl (C=O) groups excluding carboxylic acids is 1. The fourth-order valence-corrected chi connectivity index (χ4v) is 2.84. The van der Waals surface area contributed by atoms with Crippen molar-refractivity contribution in [3.63, 3.8) is 0 Å². The third-order valence-corrected chi connectivity index (χ3v) is 4.18. The molecule has 3 rings (SSSR count). The highest BCUT2D eigenvalue weighted by atomic mass is 16.5. The molecule has 1 aromatic carbocycles. The minimum absolute atomic E-state index is 0.186. The molecule has 3 aromatic rings. The molecule has 0 unspecified atom stereocenters. The van der Waals surface area contributed by atoms with Crippen molar-refractivity contribution in [2.75, 3.05) is 25.6 Å². The quantitative estimate of drug-likeness (QED) is 0.739. The van der Waals surface area contributed by atoms with E-state index in [9.17, 15) is 4.79 Å². The van der Waals surface area contributed by atoms with E-state index < -0.39 is 0 Å². The lowest BCUT2D eigenvalue weighted by atomic mass is 10.2. The van der Waals surface area contributed by atoms with Crippen molar-refractivity contribution in [3.05, 3.63) is 53.9 Å². The summed E-state index contributed by atoms with van der Waals surface area (Å²) in [5, 5.41) is 8.22. The Bertz CT molecular complexity index is 892. The number of benzene rings is 1. The fraction of sp³-hybridized carbons (Fsp3) is 0.316. The summed E-state index contributed by atoms with van der Waals surface area (Å²) in [4.78, 5) is 18.9. The van der Waals surface area contributed by atoms with E-state index in [0.717, 1.165) is 22.3 Å². The van der Waals surface area contributed by atoms with E-state index in [1.165, 1.54) is 0 Å². The molecule has 0 radical (unpaired) electrons. The largest absolute Gasteiger partial charge is 0.383 e. The molecule has 2 aromatic heterocycles. The van der Waals surface area contributed by atoms with Gasteiger partial charge in [-0.05, 0) is 18.6 Å². The number of carbonyl (C=O) groups is 1. The predicted molar refractivity (Wildman–Crippen MR) is 101 cm³/mol. The number of fused-ring (bicyclic) bond motifs is 1. The van der Waals surface area contributed by atoms with Crippen LogP contribution < -0.4 is 5.32 Å². The highest BCUT2D eigenvalue weighted by Gasteiger charge is 2.15. The van der Waals surface area contributed by atoms with Gasteiger partial charge in [-0.2, -0.15) is 5.10 Å². The fourth-order valence-electron chi connectivity index (χ4n) is 2.84. The molecular weight excluding hydrogens is 330 g/mol. The van der Waals surface area contributed by atoms with E-state index in [-0.39, 0.29) is 6.03 Å². The number of anilines is 1. The summed E-state index contributed by atoms with van der Waals surface area (Å²) in [6.07, 6.45) is 1.65. The molecule has 0 saturated carbocycles.